The van der Waals surface area contributed by atoms with Crippen LogP contribution in [-0.4, -0.2) is 15.4 Å². The average molecular weight is 167 g/mol. The van der Waals surface area contributed by atoms with E-state index in [2.05, 4.69) is 50.0 Å². The Labute approximate surface area is 73.6 Å². The summed E-state index contributed by atoms with van der Waals surface area (Å²) in [5.74, 6) is 0. The average Bonchev–Trinajstić information content (AvgIpc) is 2.34. The molecule has 0 bridgehead atoms. The van der Waals surface area contributed by atoms with E-state index < -0.39 is 0 Å². The SMILES string of the molecule is CC(C)(C)C(C)(C)c1cn[nH]n1. The Balaban J connectivity index is 3.02. The zero-order valence-corrected chi connectivity index (χ0v) is 8.47. The number of nitrogens with zero attached hydrogens (tertiary/aromatic N) is 2. The van der Waals surface area contributed by atoms with E-state index in [0.717, 1.165) is 5.69 Å². The van der Waals surface area contributed by atoms with Gasteiger partial charge in [-0.2, -0.15) is 15.4 Å². The van der Waals surface area contributed by atoms with Gasteiger partial charge in [0.2, 0.25) is 0 Å². The lowest BCUT2D eigenvalue weighted by atomic mass is 9.67. The molecule has 0 atom stereocenters. The number of hydrogen-bond donors (Lipinski definition) is 1. The largest absolute Gasteiger partial charge is 0.198 e. The number of hydrogen-bond acceptors (Lipinski definition) is 2. The Morgan fingerprint density at radius 3 is 2.08 bits per heavy atom. The summed E-state index contributed by atoms with van der Waals surface area (Å²) >= 11 is 0. The van der Waals surface area contributed by atoms with Crippen molar-refractivity contribution < 1.29 is 0 Å². The van der Waals surface area contributed by atoms with E-state index in [1.54, 1.807) is 6.20 Å². The first-order chi connectivity index (χ1) is 5.36. The van der Waals surface area contributed by atoms with E-state index in [0.29, 0.717) is 0 Å². The van der Waals surface area contributed by atoms with Crippen LogP contribution < -0.4 is 0 Å². The maximum atomic E-state index is 4.12. The smallest absolute Gasteiger partial charge is 0.0885 e. The van der Waals surface area contributed by atoms with E-state index in [1.165, 1.54) is 0 Å². The molecule has 0 aliphatic carbocycles. The molecule has 0 fully saturated rings. The van der Waals surface area contributed by atoms with Crippen molar-refractivity contribution in [1.82, 2.24) is 15.4 Å². The second-order valence-electron chi connectivity index (χ2n) is 4.73. The van der Waals surface area contributed by atoms with Gasteiger partial charge < -0.3 is 0 Å². The topological polar surface area (TPSA) is 41.6 Å². The molecule has 0 spiro atoms. The predicted octanol–water partition coefficient (Wildman–Crippen LogP) is 2.13. The minimum atomic E-state index is 0.0556. The monoisotopic (exact) mass is 167 g/mol. The van der Waals surface area contributed by atoms with Crippen molar-refractivity contribution in [3.8, 4) is 0 Å². The Hall–Kier alpha value is -0.860. The molecule has 3 nitrogen and oxygen atoms in total. The second kappa shape index (κ2) is 2.57. The van der Waals surface area contributed by atoms with Gasteiger partial charge in [-0.3, -0.25) is 0 Å². The van der Waals surface area contributed by atoms with Crippen LogP contribution in [0.5, 0.6) is 0 Å². The van der Waals surface area contributed by atoms with E-state index >= 15 is 0 Å². The molecule has 1 aromatic rings. The van der Waals surface area contributed by atoms with Crippen LogP contribution in [-0.2, 0) is 5.41 Å². The molecular weight excluding hydrogens is 150 g/mol. The molecule has 0 radical (unpaired) electrons. The summed E-state index contributed by atoms with van der Waals surface area (Å²) in [7, 11) is 0. The highest BCUT2D eigenvalue weighted by atomic mass is 15.3. The molecule has 0 aromatic carbocycles. The van der Waals surface area contributed by atoms with Crippen LogP contribution in [0.4, 0.5) is 0 Å². The van der Waals surface area contributed by atoms with Gasteiger partial charge >= 0.3 is 0 Å². The molecule has 68 valence electrons. The molecule has 0 saturated heterocycles. The minimum absolute atomic E-state index is 0.0556. The van der Waals surface area contributed by atoms with Gasteiger partial charge in [0.15, 0.2) is 0 Å². The highest BCUT2D eigenvalue weighted by Gasteiger charge is 2.36. The highest BCUT2D eigenvalue weighted by Crippen LogP contribution is 2.39. The molecule has 0 amide bonds. The van der Waals surface area contributed by atoms with Gasteiger partial charge in [0.25, 0.3) is 0 Å². The number of nitrogens with one attached hydrogen (secondary N) is 1. The number of H-pyrrole nitrogens is 1. The maximum Gasteiger partial charge on any atom is 0.0885 e. The second-order valence-corrected chi connectivity index (χ2v) is 4.73. The van der Waals surface area contributed by atoms with Gasteiger partial charge in [0, 0.05) is 5.41 Å². The van der Waals surface area contributed by atoms with Crippen LogP contribution >= 0.6 is 0 Å². The predicted molar refractivity (Wildman–Crippen MR) is 48.9 cm³/mol. The molecule has 1 heterocycles. The first-order valence-corrected chi connectivity index (χ1v) is 4.22. The molecule has 1 aromatic heterocycles. The van der Waals surface area contributed by atoms with Gasteiger partial charge in [-0.1, -0.05) is 34.6 Å². The normalized spacial score (nSPS) is 13.4. The lowest BCUT2D eigenvalue weighted by Crippen LogP contribution is -2.34. The molecule has 0 aliphatic heterocycles. The van der Waals surface area contributed by atoms with E-state index in [-0.39, 0.29) is 10.8 Å². The minimum Gasteiger partial charge on any atom is -0.198 e. The summed E-state index contributed by atoms with van der Waals surface area (Å²) in [6.45, 7) is 11.0. The molecule has 1 rings (SSSR count). The van der Waals surface area contributed by atoms with Crippen molar-refractivity contribution in [3.05, 3.63) is 11.9 Å². The fourth-order valence-corrected chi connectivity index (χ4v) is 0.887. The number of rotatable bonds is 1. The van der Waals surface area contributed by atoms with E-state index in [4.69, 9.17) is 0 Å². The van der Waals surface area contributed by atoms with Crippen molar-refractivity contribution >= 4 is 0 Å². The van der Waals surface area contributed by atoms with Gasteiger partial charge in [-0.05, 0) is 5.41 Å². The van der Waals surface area contributed by atoms with Crippen LogP contribution in [0.2, 0.25) is 0 Å². The third-order valence-corrected chi connectivity index (χ3v) is 2.93. The summed E-state index contributed by atoms with van der Waals surface area (Å²) in [6.07, 6.45) is 1.80. The number of aromatic amines is 1. The Bertz CT molecular complexity index is 241. The fourth-order valence-electron chi connectivity index (χ4n) is 0.887. The highest BCUT2D eigenvalue weighted by molar-refractivity contribution is 5.12. The third-order valence-electron chi connectivity index (χ3n) is 2.93. The Morgan fingerprint density at radius 2 is 1.75 bits per heavy atom. The molecule has 0 unspecified atom stereocenters. The lowest BCUT2D eigenvalue weighted by molar-refractivity contribution is 0.219. The maximum absolute atomic E-state index is 4.12. The Morgan fingerprint density at radius 1 is 1.17 bits per heavy atom. The molecule has 0 aliphatic rings. The molecule has 1 N–H and O–H groups in total. The quantitative estimate of drug-likeness (QED) is 0.696. The van der Waals surface area contributed by atoms with Crippen LogP contribution in [0.25, 0.3) is 0 Å². The van der Waals surface area contributed by atoms with Crippen LogP contribution in [0.15, 0.2) is 6.20 Å². The summed E-state index contributed by atoms with van der Waals surface area (Å²) in [6, 6.07) is 0. The summed E-state index contributed by atoms with van der Waals surface area (Å²) in [5, 5.41) is 10.6. The van der Waals surface area contributed by atoms with E-state index in [1.807, 2.05) is 0 Å². The van der Waals surface area contributed by atoms with Crippen molar-refractivity contribution in [2.45, 2.75) is 40.0 Å². The fraction of sp³-hybridized carbons (Fsp3) is 0.778. The van der Waals surface area contributed by atoms with Crippen LogP contribution in [0.3, 0.4) is 0 Å². The van der Waals surface area contributed by atoms with Gasteiger partial charge in [0.05, 0.1) is 11.9 Å². The van der Waals surface area contributed by atoms with Crippen LogP contribution in [0, 0.1) is 5.41 Å². The zero-order chi connectivity index (χ0) is 9.41. The lowest BCUT2D eigenvalue weighted by Gasteiger charge is -2.36. The van der Waals surface area contributed by atoms with Crippen molar-refractivity contribution in [3.63, 3.8) is 0 Å². The summed E-state index contributed by atoms with van der Waals surface area (Å²) in [4.78, 5) is 0. The van der Waals surface area contributed by atoms with Crippen LogP contribution in [0.1, 0.15) is 40.3 Å². The molecule has 12 heavy (non-hydrogen) atoms. The van der Waals surface area contributed by atoms with Crippen molar-refractivity contribution in [2.75, 3.05) is 0 Å². The molecular formula is C9H17N3. The molecule has 3 heteroatoms. The zero-order valence-electron chi connectivity index (χ0n) is 8.47. The standard InChI is InChI=1S/C9H17N3/c1-8(2,3)9(4,5)7-6-10-12-11-7/h6H,1-5H3,(H,10,11,12). The molecule has 0 saturated carbocycles. The van der Waals surface area contributed by atoms with Gasteiger partial charge in [-0.25, -0.2) is 0 Å². The van der Waals surface area contributed by atoms with Gasteiger partial charge in [-0.15, -0.1) is 0 Å². The Kier molecular flexibility index (Phi) is 1.98. The van der Waals surface area contributed by atoms with Crippen molar-refractivity contribution in [1.29, 1.82) is 0 Å². The van der Waals surface area contributed by atoms with Crippen molar-refractivity contribution in [2.24, 2.45) is 5.41 Å². The van der Waals surface area contributed by atoms with Gasteiger partial charge in [0.1, 0.15) is 0 Å². The summed E-state index contributed by atoms with van der Waals surface area (Å²) in [5.41, 5.74) is 1.28. The summed E-state index contributed by atoms with van der Waals surface area (Å²) < 4.78 is 0. The number of aromatic nitrogens is 3. The third kappa shape index (κ3) is 1.36. The first-order valence-electron chi connectivity index (χ1n) is 4.22. The van der Waals surface area contributed by atoms with E-state index in [9.17, 15) is 0 Å². The first kappa shape index (κ1) is 9.23.